The Balaban J connectivity index is 1.92. The number of aliphatic hydroxyl groups is 1. The van der Waals surface area contributed by atoms with Crippen molar-refractivity contribution in [2.75, 3.05) is 19.6 Å². The van der Waals surface area contributed by atoms with Gasteiger partial charge in [-0.05, 0) is 31.9 Å². The van der Waals surface area contributed by atoms with E-state index >= 15 is 0 Å². The molecule has 1 saturated heterocycles. The molecule has 2 nitrogen and oxygen atoms in total. The van der Waals surface area contributed by atoms with Crippen LogP contribution in [0.15, 0.2) is 35.9 Å². The van der Waals surface area contributed by atoms with Gasteiger partial charge in [0.25, 0.3) is 0 Å². The van der Waals surface area contributed by atoms with E-state index in [0.717, 1.165) is 32.5 Å². The number of aliphatic hydroxyl groups excluding tert-OH is 1. The number of β-amino-alcohol motifs (C(OH)–C–C–N with tert-alkyl or cyclic N) is 1. The van der Waals surface area contributed by atoms with E-state index in [1.165, 1.54) is 11.1 Å². The molecule has 1 aromatic carbocycles. The van der Waals surface area contributed by atoms with Crippen molar-refractivity contribution in [1.82, 2.24) is 4.90 Å². The molecule has 0 radical (unpaired) electrons. The Bertz CT molecular complexity index is 372. The first-order valence-corrected chi connectivity index (χ1v) is 6.36. The number of rotatable bonds is 3. The fourth-order valence-corrected chi connectivity index (χ4v) is 2.41. The van der Waals surface area contributed by atoms with Gasteiger partial charge in [-0.15, -0.1) is 0 Å². The van der Waals surface area contributed by atoms with E-state index < -0.39 is 0 Å². The average molecular weight is 231 g/mol. The molecule has 0 saturated carbocycles. The van der Waals surface area contributed by atoms with Gasteiger partial charge in [-0.1, -0.05) is 42.0 Å². The van der Waals surface area contributed by atoms with Crippen LogP contribution in [-0.4, -0.2) is 35.7 Å². The van der Waals surface area contributed by atoms with Gasteiger partial charge in [-0.2, -0.15) is 0 Å². The van der Waals surface area contributed by atoms with Crippen molar-refractivity contribution in [1.29, 1.82) is 0 Å². The minimum absolute atomic E-state index is 0.131. The molecule has 0 aromatic heterocycles. The summed E-state index contributed by atoms with van der Waals surface area (Å²) in [5.41, 5.74) is 2.60. The van der Waals surface area contributed by atoms with Crippen LogP contribution >= 0.6 is 0 Å². The zero-order valence-corrected chi connectivity index (χ0v) is 10.5. The summed E-state index contributed by atoms with van der Waals surface area (Å²) in [5, 5.41) is 9.62. The molecule has 0 amide bonds. The van der Waals surface area contributed by atoms with Crippen LogP contribution < -0.4 is 0 Å². The maximum absolute atomic E-state index is 9.62. The first-order valence-electron chi connectivity index (χ1n) is 6.36. The predicted molar refractivity (Wildman–Crippen MR) is 71.8 cm³/mol. The summed E-state index contributed by atoms with van der Waals surface area (Å²) in [6, 6.07) is 10.4. The van der Waals surface area contributed by atoms with E-state index in [1.54, 1.807) is 0 Å². The van der Waals surface area contributed by atoms with Crippen LogP contribution in [0.25, 0.3) is 6.08 Å². The summed E-state index contributed by atoms with van der Waals surface area (Å²) in [7, 11) is 0. The van der Waals surface area contributed by atoms with Crippen molar-refractivity contribution in [3.05, 3.63) is 41.5 Å². The Labute approximate surface area is 104 Å². The average Bonchev–Trinajstić information content (AvgIpc) is 2.30. The molecule has 0 aliphatic carbocycles. The molecule has 0 spiro atoms. The number of piperidine rings is 1. The van der Waals surface area contributed by atoms with Gasteiger partial charge in [0.2, 0.25) is 0 Å². The lowest BCUT2D eigenvalue weighted by molar-refractivity contribution is 0.0759. The van der Waals surface area contributed by atoms with Crippen molar-refractivity contribution < 1.29 is 5.11 Å². The zero-order chi connectivity index (χ0) is 12.1. The maximum Gasteiger partial charge on any atom is 0.0667 e. The highest BCUT2D eigenvalue weighted by molar-refractivity contribution is 5.52. The van der Waals surface area contributed by atoms with Gasteiger partial charge in [0.05, 0.1) is 6.10 Å². The first kappa shape index (κ1) is 12.3. The van der Waals surface area contributed by atoms with Crippen LogP contribution in [0.5, 0.6) is 0 Å². The Morgan fingerprint density at radius 2 is 2.18 bits per heavy atom. The Kier molecular flexibility index (Phi) is 4.35. The van der Waals surface area contributed by atoms with E-state index in [0.29, 0.717) is 0 Å². The van der Waals surface area contributed by atoms with Gasteiger partial charge in [-0.3, -0.25) is 4.90 Å². The summed E-state index contributed by atoms with van der Waals surface area (Å²) < 4.78 is 0. The van der Waals surface area contributed by atoms with Crippen molar-refractivity contribution in [3.8, 4) is 0 Å². The number of hydrogen-bond donors (Lipinski definition) is 1. The monoisotopic (exact) mass is 231 g/mol. The Morgan fingerprint density at radius 3 is 2.88 bits per heavy atom. The van der Waals surface area contributed by atoms with Crippen LogP contribution in [0, 0.1) is 0 Å². The molecular formula is C15H21NO. The summed E-state index contributed by atoms with van der Waals surface area (Å²) in [6.45, 7) is 5.05. The van der Waals surface area contributed by atoms with E-state index in [1.807, 2.05) is 6.07 Å². The molecule has 1 aliphatic heterocycles. The highest BCUT2D eigenvalue weighted by Gasteiger charge is 2.17. The van der Waals surface area contributed by atoms with Crippen LogP contribution in [0.2, 0.25) is 0 Å². The summed E-state index contributed by atoms with van der Waals surface area (Å²) in [5.74, 6) is 0. The van der Waals surface area contributed by atoms with Gasteiger partial charge in [-0.25, -0.2) is 0 Å². The second-order valence-electron chi connectivity index (χ2n) is 4.93. The zero-order valence-electron chi connectivity index (χ0n) is 10.5. The first-order chi connectivity index (χ1) is 8.24. The minimum Gasteiger partial charge on any atom is -0.392 e. The van der Waals surface area contributed by atoms with Gasteiger partial charge >= 0.3 is 0 Å². The number of hydrogen-bond acceptors (Lipinski definition) is 2. The normalized spacial score (nSPS) is 22.7. The number of benzene rings is 1. The summed E-state index contributed by atoms with van der Waals surface area (Å²) in [6.07, 6.45) is 4.16. The quantitative estimate of drug-likeness (QED) is 0.864. The third-order valence-electron chi connectivity index (χ3n) is 3.17. The smallest absolute Gasteiger partial charge is 0.0667 e. The summed E-state index contributed by atoms with van der Waals surface area (Å²) >= 11 is 0. The highest BCUT2D eigenvalue weighted by atomic mass is 16.3. The SMILES string of the molecule is C/C(=C\c1ccccc1)CN1CCC[C@@H](O)C1. The fourth-order valence-electron chi connectivity index (χ4n) is 2.41. The molecule has 2 heteroatoms. The number of nitrogens with zero attached hydrogens (tertiary/aromatic N) is 1. The number of likely N-dealkylation sites (tertiary alicyclic amines) is 1. The molecule has 1 atom stereocenters. The van der Waals surface area contributed by atoms with E-state index in [2.05, 4.69) is 42.2 Å². The fraction of sp³-hybridized carbons (Fsp3) is 0.467. The lowest BCUT2D eigenvalue weighted by Gasteiger charge is -2.30. The highest BCUT2D eigenvalue weighted by Crippen LogP contribution is 2.13. The molecule has 2 rings (SSSR count). The van der Waals surface area contributed by atoms with Gasteiger partial charge < -0.3 is 5.11 Å². The minimum atomic E-state index is -0.131. The topological polar surface area (TPSA) is 23.5 Å². The third-order valence-corrected chi connectivity index (χ3v) is 3.17. The van der Waals surface area contributed by atoms with Crippen LogP contribution in [0.1, 0.15) is 25.3 Å². The second kappa shape index (κ2) is 5.99. The molecule has 0 unspecified atom stereocenters. The standard InChI is InChI=1S/C15H21NO/c1-13(10-14-6-3-2-4-7-14)11-16-9-5-8-15(17)12-16/h2-4,6-7,10,15,17H,5,8-9,11-12H2,1H3/b13-10+/t15-/m1/s1. The van der Waals surface area contributed by atoms with Gasteiger partial charge in [0, 0.05) is 13.1 Å². The van der Waals surface area contributed by atoms with Gasteiger partial charge in [0.15, 0.2) is 0 Å². The van der Waals surface area contributed by atoms with Crippen LogP contribution in [0.4, 0.5) is 0 Å². The lowest BCUT2D eigenvalue weighted by atomic mass is 10.1. The predicted octanol–water partition coefficient (Wildman–Crippen LogP) is 2.55. The molecule has 0 bridgehead atoms. The van der Waals surface area contributed by atoms with Crippen molar-refractivity contribution in [3.63, 3.8) is 0 Å². The Hall–Kier alpha value is -1.12. The molecule has 1 fully saturated rings. The van der Waals surface area contributed by atoms with Crippen molar-refractivity contribution in [2.24, 2.45) is 0 Å². The van der Waals surface area contributed by atoms with Gasteiger partial charge in [0.1, 0.15) is 0 Å². The molecule has 1 aromatic rings. The molecule has 1 aliphatic rings. The van der Waals surface area contributed by atoms with E-state index in [9.17, 15) is 5.11 Å². The van der Waals surface area contributed by atoms with Crippen molar-refractivity contribution in [2.45, 2.75) is 25.9 Å². The molecule has 1 heterocycles. The molecule has 92 valence electrons. The van der Waals surface area contributed by atoms with Crippen molar-refractivity contribution >= 4 is 6.08 Å². The molecular weight excluding hydrogens is 210 g/mol. The van der Waals surface area contributed by atoms with Crippen LogP contribution in [0.3, 0.4) is 0 Å². The Morgan fingerprint density at radius 1 is 1.41 bits per heavy atom. The van der Waals surface area contributed by atoms with E-state index in [4.69, 9.17) is 0 Å². The maximum atomic E-state index is 9.62. The lowest BCUT2D eigenvalue weighted by Crippen LogP contribution is -2.38. The molecule has 1 N–H and O–H groups in total. The van der Waals surface area contributed by atoms with E-state index in [-0.39, 0.29) is 6.10 Å². The third kappa shape index (κ3) is 3.99. The van der Waals surface area contributed by atoms with Crippen LogP contribution in [-0.2, 0) is 0 Å². The molecule has 17 heavy (non-hydrogen) atoms. The summed E-state index contributed by atoms with van der Waals surface area (Å²) in [4.78, 5) is 2.34. The largest absolute Gasteiger partial charge is 0.392 e. The second-order valence-corrected chi connectivity index (χ2v) is 4.93.